The number of nitrogens with one attached hydrogen (secondary N) is 1. The van der Waals surface area contributed by atoms with Gasteiger partial charge in [-0.1, -0.05) is 36.8 Å². The standard InChI is InChI=1S/C19H23NO/c1-13-11-12-17(14(2)19(13)21)20-18-10-6-4-8-15-7-3-5-9-16(15)18/h3,5,7,9,11-12,18,20-21H,4,6,8,10H2,1-2H3. The number of phenolic OH excluding ortho intramolecular Hbond substituents is 1. The van der Waals surface area contributed by atoms with E-state index in [9.17, 15) is 5.11 Å². The zero-order chi connectivity index (χ0) is 14.8. The number of hydrogen-bond donors (Lipinski definition) is 2. The first-order valence-electron chi connectivity index (χ1n) is 7.80. The number of hydrogen-bond acceptors (Lipinski definition) is 2. The molecule has 0 aromatic heterocycles. The molecule has 1 unspecified atom stereocenters. The molecule has 0 saturated carbocycles. The van der Waals surface area contributed by atoms with Crippen molar-refractivity contribution in [3.63, 3.8) is 0 Å². The van der Waals surface area contributed by atoms with Gasteiger partial charge in [-0.2, -0.15) is 0 Å². The Bertz CT molecular complexity index is 648. The van der Waals surface area contributed by atoms with Gasteiger partial charge in [-0.3, -0.25) is 0 Å². The van der Waals surface area contributed by atoms with Gasteiger partial charge in [0.2, 0.25) is 0 Å². The number of aromatic hydroxyl groups is 1. The maximum atomic E-state index is 10.1. The van der Waals surface area contributed by atoms with Gasteiger partial charge in [-0.15, -0.1) is 0 Å². The summed E-state index contributed by atoms with van der Waals surface area (Å²) < 4.78 is 0. The smallest absolute Gasteiger partial charge is 0.123 e. The number of benzene rings is 2. The summed E-state index contributed by atoms with van der Waals surface area (Å²) in [5, 5.41) is 13.8. The highest BCUT2D eigenvalue weighted by molar-refractivity contribution is 5.60. The van der Waals surface area contributed by atoms with Gasteiger partial charge in [0.15, 0.2) is 0 Å². The molecule has 0 aliphatic heterocycles. The molecule has 0 radical (unpaired) electrons. The summed E-state index contributed by atoms with van der Waals surface area (Å²) in [4.78, 5) is 0. The van der Waals surface area contributed by atoms with E-state index in [0.717, 1.165) is 23.2 Å². The van der Waals surface area contributed by atoms with Crippen LogP contribution in [0, 0.1) is 13.8 Å². The van der Waals surface area contributed by atoms with Crippen LogP contribution in [0.3, 0.4) is 0 Å². The lowest BCUT2D eigenvalue weighted by atomic mass is 9.98. The van der Waals surface area contributed by atoms with E-state index in [-0.39, 0.29) is 0 Å². The van der Waals surface area contributed by atoms with Gasteiger partial charge >= 0.3 is 0 Å². The normalized spacial score (nSPS) is 17.9. The molecule has 1 atom stereocenters. The predicted molar refractivity (Wildman–Crippen MR) is 87.9 cm³/mol. The van der Waals surface area contributed by atoms with Gasteiger partial charge in [0.05, 0.1) is 6.04 Å². The quantitative estimate of drug-likeness (QED) is 0.768. The summed E-state index contributed by atoms with van der Waals surface area (Å²) in [6.45, 7) is 3.92. The summed E-state index contributed by atoms with van der Waals surface area (Å²) in [5.74, 6) is 0.405. The molecule has 0 fully saturated rings. The second kappa shape index (κ2) is 5.80. The van der Waals surface area contributed by atoms with E-state index in [0.29, 0.717) is 11.8 Å². The average molecular weight is 281 g/mol. The number of fused-ring (bicyclic) bond motifs is 1. The van der Waals surface area contributed by atoms with Gasteiger partial charge in [0.25, 0.3) is 0 Å². The van der Waals surface area contributed by atoms with E-state index in [1.807, 2.05) is 19.9 Å². The van der Waals surface area contributed by atoms with Crippen LogP contribution < -0.4 is 5.32 Å². The molecular formula is C19H23NO. The van der Waals surface area contributed by atoms with Crippen LogP contribution in [0.5, 0.6) is 5.75 Å². The highest BCUT2D eigenvalue weighted by Gasteiger charge is 2.19. The van der Waals surface area contributed by atoms with Gasteiger partial charge < -0.3 is 10.4 Å². The molecule has 2 nitrogen and oxygen atoms in total. The molecular weight excluding hydrogens is 258 g/mol. The minimum Gasteiger partial charge on any atom is -0.507 e. The topological polar surface area (TPSA) is 32.3 Å². The van der Waals surface area contributed by atoms with E-state index in [2.05, 4.69) is 35.6 Å². The molecule has 2 N–H and O–H groups in total. The van der Waals surface area contributed by atoms with Crippen molar-refractivity contribution < 1.29 is 5.11 Å². The van der Waals surface area contributed by atoms with Crippen LogP contribution in [0.15, 0.2) is 36.4 Å². The summed E-state index contributed by atoms with van der Waals surface area (Å²) in [7, 11) is 0. The summed E-state index contributed by atoms with van der Waals surface area (Å²) in [6.07, 6.45) is 4.81. The Kier molecular flexibility index (Phi) is 3.87. The van der Waals surface area contributed by atoms with E-state index >= 15 is 0 Å². The molecule has 3 rings (SSSR count). The lowest BCUT2D eigenvalue weighted by molar-refractivity contribution is 0.467. The second-order valence-corrected chi connectivity index (χ2v) is 6.05. The Labute approximate surface area is 126 Å². The van der Waals surface area contributed by atoms with Crippen LogP contribution in [0.25, 0.3) is 0 Å². The van der Waals surface area contributed by atoms with Crippen LogP contribution in [0.4, 0.5) is 5.69 Å². The average Bonchev–Trinajstić information content (AvgIpc) is 2.70. The Hall–Kier alpha value is -1.96. The lowest BCUT2D eigenvalue weighted by Crippen LogP contribution is -2.12. The van der Waals surface area contributed by atoms with Crippen molar-refractivity contribution >= 4 is 5.69 Å². The fourth-order valence-electron chi connectivity index (χ4n) is 3.25. The molecule has 0 spiro atoms. The maximum Gasteiger partial charge on any atom is 0.123 e. The molecule has 2 aromatic rings. The van der Waals surface area contributed by atoms with Gasteiger partial charge in [0.1, 0.15) is 5.75 Å². The monoisotopic (exact) mass is 281 g/mol. The third-order valence-corrected chi connectivity index (χ3v) is 4.58. The Morgan fingerprint density at radius 1 is 1.05 bits per heavy atom. The molecule has 1 aliphatic rings. The van der Waals surface area contributed by atoms with Crippen LogP contribution >= 0.6 is 0 Å². The fourth-order valence-corrected chi connectivity index (χ4v) is 3.25. The summed E-state index contributed by atoms with van der Waals surface area (Å²) in [5.41, 5.74) is 5.78. The maximum absolute atomic E-state index is 10.1. The first kappa shape index (κ1) is 14.0. The van der Waals surface area contributed by atoms with Crippen LogP contribution in [0.2, 0.25) is 0 Å². The Morgan fingerprint density at radius 2 is 1.86 bits per heavy atom. The lowest BCUT2D eigenvalue weighted by Gasteiger charge is -2.22. The van der Waals surface area contributed by atoms with Crippen molar-refractivity contribution in [3.8, 4) is 5.75 Å². The molecule has 0 bridgehead atoms. The third kappa shape index (κ3) is 2.76. The van der Waals surface area contributed by atoms with Crippen molar-refractivity contribution in [2.75, 3.05) is 5.32 Å². The largest absolute Gasteiger partial charge is 0.507 e. The van der Waals surface area contributed by atoms with Gasteiger partial charge in [-0.05, 0) is 55.9 Å². The molecule has 21 heavy (non-hydrogen) atoms. The van der Waals surface area contributed by atoms with Gasteiger partial charge in [0, 0.05) is 11.3 Å². The highest BCUT2D eigenvalue weighted by Crippen LogP contribution is 2.35. The zero-order valence-electron chi connectivity index (χ0n) is 12.8. The molecule has 0 heterocycles. The van der Waals surface area contributed by atoms with E-state index in [1.165, 1.54) is 30.4 Å². The van der Waals surface area contributed by atoms with Crippen molar-refractivity contribution in [2.24, 2.45) is 0 Å². The second-order valence-electron chi connectivity index (χ2n) is 6.05. The SMILES string of the molecule is Cc1ccc(NC2CCCCc3ccccc32)c(C)c1O. The van der Waals surface area contributed by atoms with Crippen LogP contribution in [0.1, 0.15) is 47.6 Å². The Morgan fingerprint density at radius 3 is 2.71 bits per heavy atom. The molecule has 1 aliphatic carbocycles. The number of rotatable bonds is 2. The van der Waals surface area contributed by atoms with Crippen molar-refractivity contribution in [3.05, 3.63) is 58.7 Å². The summed E-state index contributed by atoms with van der Waals surface area (Å²) in [6, 6.07) is 13.1. The number of aryl methyl sites for hydroxylation is 2. The molecule has 0 saturated heterocycles. The molecule has 0 amide bonds. The van der Waals surface area contributed by atoms with E-state index in [1.54, 1.807) is 0 Å². The van der Waals surface area contributed by atoms with E-state index in [4.69, 9.17) is 0 Å². The van der Waals surface area contributed by atoms with E-state index < -0.39 is 0 Å². The highest BCUT2D eigenvalue weighted by atomic mass is 16.3. The Balaban J connectivity index is 1.93. The predicted octanol–water partition coefficient (Wildman–Crippen LogP) is 4.89. The van der Waals surface area contributed by atoms with Gasteiger partial charge in [-0.25, -0.2) is 0 Å². The molecule has 2 heteroatoms. The minimum atomic E-state index is 0.338. The van der Waals surface area contributed by atoms with Crippen LogP contribution in [-0.2, 0) is 6.42 Å². The first-order valence-corrected chi connectivity index (χ1v) is 7.80. The fraction of sp³-hybridized carbons (Fsp3) is 0.368. The molecule has 2 aromatic carbocycles. The van der Waals surface area contributed by atoms with Crippen molar-refractivity contribution in [1.82, 2.24) is 0 Å². The number of phenols is 1. The minimum absolute atomic E-state index is 0.338. The molecule has 110 valence electrons. The van der Waals surface area contributed by atoms with Crippen molar-refractivity contribution in [1.29, 1.82) is 0 Å². The first-order chi connectivity index (χ1) is 10.2. The third-order valence-electron chi connectivity index (χ3n) is 4.58. The zero-order valence-corrected chi connectivity index (χ0v) is 12.8. The van der Waals surface area contributed by atoms with Crippen LogP contribution in [-0.4, -0.2) is 5.11 Å². The number of anilines is 1. The summed E-state index contributed by atoms with van der Waals surface area (Å²) >= 11 is 0. The van der Waals surface area contributed by atoms with Crippen molar-refractivity contribution in [2.45, 2.75) is 45.6 Å².